The molecule has 1 fully saturated rings. The Morgan fingerprint density at radius 3 is 2.92 bits per heavy atom. The van der Waals surface area contributed by atoms with Crippen molar-refractivity contribution in [1.29, 1.82) is 0 Å². The lowest BCUT2D eigenvalue weighted by atomic mass is 10.1. The van der Waals surface area contributed by atoms with Crippen molar-refractivity contribution in [2.45, 2.75) is 58.1 Å². The molecular weight excluding hydrogens is 322 g/mol. The average molecular weight is 347 g/mol. The highest BCUT2D eigenvalue weighted by molar-refractivity contribution is 5.91. The van der Waals surface area contributed by atoms with Gasteiger partial charge in [-0.3, -0.25) is 4.79 Å². The van der Waals surface area contributed by atoms with Crippen molar-refractivity contribution in [3.8, 4) is 0 Å². The highest BCUT2D eigenvalue weighted by Gasteiger charge is 2.32. The summed E-state index contributed by atoms with van der Waals surface area (Å²) in [5.41, 5.74) is 0. The summed E-state index contributed by atoms with van der Waals surface area (Å²) in [5.74, 6) is 2.18. The van der Waals surface area contributed by atoms with Gasteiger partial charge in [0.25, 0.3) is 5.91 Å². The molecule has 1 saturated heterocycles. The van der Waals surface area contributed by atoms with Gasteiger partial charge in [-0.15, -0.1) is 0 Å². The molecule has 0 aliphatic carbocycles. The molecule has 2 aromatic rings. The lowest BCUT2D eigenvalue weighted by Crippen LogP contribution is -2.35. The van der Waals surface area contributed by atoms with Gasteiger partial charge in [0.1, 0.15) is 12.4 Å². The summed E-state index contributed by atoms with van der Waals surface area (Å²) in [6, 6.07) is 3.30. The molecule has 1 aliphatic heterocycles. The van der Waals surface area contributed by atoms with Crippen molar-refractivity contribution >= 4 is 5.91 Å². The number of methoxy groups -OCH3 is 1. The SMILES string of the molecule is COCc1ccc(C(=O)N2CCCCC[C@@H]2c2noc(C(C)C)n2)o1. The van der Waals surface area contributed by atoms with E-state index in [1.807, 2.05) is 18.7 Å². The number of carbonyl (C=O) groups is 1. The van der Waals surface area contributed by atoms with Crippen LogP contribution in [0, 0.1) is 0 Å². The van der Waals surface area contributed by atoms with E-state index in [0.29, 0.717) is 36.4 Å². The Hall–Kier alpha value is -2.15. The quantitative estimate of drug-likeness (QED) is 0.820. The van der Waals surface area contributed by atoms with Crippen LogP contribution in [0.1, 0.15) is 79.5 Å². The standard InChI is InChI=1S/C18H25N3O4/c1-12(2)17-19-16(20-25-17)14-7-5-4-6-10-21(14)18(22)15-9-8-13(24-15)11-23-3/h8-9,12,14H,4-7,10-11H2,1-3H3/t14-/m1/s1. The van der Waals surface area contributed by atoms with Crippen molar-refractivity contribution in [2.75, 3.05) is 13.7 Å². The molecule has 136 valence electrons. The van der Waals surface area contributed by atoms with Gasteiger partial charge in [0.2, 0.25) is 5.89 Å². The summed E-state index contributed by atoms with van der Waals surface area (Å²) >= 11 is 0. The van der Waals surface area contributed by atoms with E-state index < -0.39 is 0 Å². The number of aromatic nitrogens is 2. The third-order valence-electron chi connectivity index (χ3n) is 4.42. The molecule has 0 N–H and O–H groups in total. The maximum Gasteiger partial charge on any atom is 0.290 e. The van der Waals surface area contributed by atoms with E-state index in [2.05, 4.69) is 10.1 Å². The predicted octanol–water partition coefficient (Wildman–Crippen LogP) is 3.69. The third-order valence-corrected chi connectivity index (χ3v) is 4.42. The number of hydrogen-bond donors (Lipinski definition) is 0. The molecule has 1 amide bonds. The molecule has 0 aromatic carbocycles. The van der Waals surface area contributed by atoms with E-state index in [1.54, 1.807) is 19.2 Å². The minimum atomic E-state index is -0.178. The van der Waals surface area contributed by atoms with Gasteiger partial charge in [0, 0.05) is 19.6 Å². The van der Waals surface area contributed by atoms with Crippen molar-refractivity contribution in [3.05, 3.63) is 35.4 Å². The lowest BCUT2D eigenvalue weighted by Gasteiger charge is -2.26. The summed E-state index contributed by atoms with van der Waals surface area (Å²) in [6.07, 6.45) is 3.91. The van der Waals surface area contributed by atoms with E-state index >= 15 is 0 Å². The number of furan rings is 1. The highest BCUT2D eigenvalue weighted by atomic mass is 16.5. The maximum atomic E-state index is 13.0. The molecule has 7 heteroatoms. The zero-order valence-electron chi connectivity index (χ0n) is 15.0. The number of ether oxygens (including phenoxy) is 1. The summed E-state index contributed by atoms with van der Waals surface area (Å²) in [5, 5.41) is 4.13. The van der Waals surface area contributed by atoms with Crippen LogP contribution in [0.3, 0.4) is 0 Å². The van der Waals surface area contributed by atoms with Crippen molar-refractivity contribution in [3.63, 3.8) is 0 Å². The molecule has 7 nitrogen and oxygen atoms in total. The van der Waals surface area contributed by atoms with Crippen LogP contribution in [0.2, 0.25) is 0 Å². The molecule has 1 atom stereocenters. The van der Waals surface area contributed by atoms with Gasteiger partial charge >= 0.3 is 0 Å². The second kappa shape index (κ2) is 7.82. The van der Waals surface area contributed by atoms with Crippen LogP contribution in [0.5, 0.6) is 0 Å². The summed E-state index contributed by atoms with van der Waals surface area (Å²) in [7, 11) is 1.59. The number of rotatable bonds is 5. The Balaban J connectivity index is 1.84. The minimum absolute atomic E-state index is 0.134. The monoisotopic (exact) mass is 347 g/mol. The first kappa shape index (κ1) is 17.7. The molecule has 0 saturated carbocycles. The first-order chi connectivity index (χ1) is 12.1. The first-order valence-corrected chi connectivity index (χ1v) is 8.82. The van der Waals surface area contributed by atoms with Crippen LogP contribution in [0.25, 0.3) is 0 Å². The number of carbonyl (C=O) groups excluding carboxylic acids is 1. The van der Waals surface area contributed by atoms with Crippen LogP contribution in [-0.4, -0.2) is 34.6 Å². The second-order valence-electron chi connectivity index (χ2n) is 6.71. The molecule has 3 rings (SSSR count). The molecule has 2 aromatic heterocycles. The van der Waals surface area contributed by atoms with Gasteiger partial charge in [-0.2, -0.15) is 4.98 Å². The summed E-state index contributed by atoms with van der Waals surface area (Å²) < 4.78 is 16.0. The minimum Gasteiger partial charge on any atom is -0.453 e. The average Bonchev–Trinajstić information content (AvgIpc) is 3.19. The van der Waals surface area contributed by atoms with E-state index in [1.165, 1.54) is 0 Å². The van der Waals surface area contributed by atoms with Gasteiger partial charge in [-0.25, -0.2) is 0 Å². The fraction of sp³-hybridized carbons (Fsp3) is 0.611. The Morgan fingerprint density at radius 1 is 1.36 bits per heavy atom. The number of likely N-dealkylation sites (tertiary alicyclic amines) is 1. The van der Waals surface area contributed by atoms with Gasteiger partial charge in [-0.1, -0.05) is 31.8 Å². The fourth-order valence-electron chi connectivity index (χ4n) is 3.09. The van der Waals surface area contributed by atoms with Crippen LogP contribution < -0.4 is 0 Å². The number of amides is 1. The van der Waals surface area contributed by atoms with Crippen LogP contribution >= 0.6 is 0 Å². The van der Waals surface area contributed by atoms with E-state index in [9.17, 15) is 4.79 Å². The molecule has 0 bridgehead atoms. The van der Waals surface area contributed by atoms with Crippen molar-refractivity contribution in [2.24, 2.45) is 0 Å². The predicted molar refractivity (Wildman–Crippen MR) is 90.1 cm³/mol. The highest BCUT2D eigenvalue weighted by Crippen LogP contribution is 2.31. The normalized spacial score (nSPS) is 18.6. The van der Waals surface area contributed by atoms with Crippen LogP contribution in [0.4, 0.5) is 0 Å². The second-order valence-corrected chi connectivity index (χ2v) is 6.71. The molecule has 1 aliphatic rings. The zero-order chi connectivity index (χ0) is 17.8. The van der Waals surface area contributed by atoms with Crippen LogP contribution in [0.15, 0.2) is 21.1 Å². The lowest BCUT2D eigenvalue weighted by molar-refractivity contribution is 0.0630. The largest absolute Gasteiger partial charge is 0.453 e. The molecule has 25 heavy (non-hydrogen) atoms. The molecule has 0 unspecified atom stereocenters. The molecule has 0 spiro atoms. The smallest absolute Gasteiger partial charge is 0.290 e. The Bertz CT molecular complexity index is 707. The van der Waals surface area contributed by atoms with Gasteiger partial charge in [0.05, 0.1) is 6.04 Å². The topological polar surface area (TPSA) is 81.6 Å². The van der Waals surface area contributed by atoms with Gasteiger partial charge in [0.15, 0.2) is 11.6 Å². The number of hydrogen-bond acceptors (Lipinski definition) is 6. The van der Waals surface area contributed by atoms with Crippen molar-refractivity contribution < 1.29 is 18.5 Å². The third kappa shape index (κ3) is 3.92. The van der Waals surface area contributed by atoms with E-state index in [4.69, 9.17) is 13.7 Å². The zero-order valence-corrected chi connectivity index (χ0v) is 15.0. The van der Waals surface area contributed by atoms with E-state index in [0.717, 1.165) is 25.7 Å². The summed E-state index contributed by atoms with van der Waals surface area (Å²) in [6.45, 7) is 5.02. The number of nitrogens with zero attached hydrogens (tertiary/aromatic N) is 3. The molecule has 0 radical (unpaired) electrons. The Labute approximate surface area is 147 Å². The van der Waals surface area contributed by atoms with Gasteiger partial charge in [-0.05, 0) is 25.0 Å². The first-order valence-electron chi connectivity index (χ1n) is 8.82. The van der Waals surface area contributed by atoms with E-state index in [-0.39, 0.29) is 17.9 Å². The van der Waals surface area contributed by atoms with Crippen molar-refractivity contribution in [1.82, 2.24) is 15.0 Å². The molecule has 3 heterocycles. The summed E-state index contributed by atoms with van der Waals surface area (Å²) in [4.78, 5) is 19.3. The Morgan fingerprint density at radius 2 is 2.20 bits per heavy atom. The molecular formula is C18H25N3O4. The maximum absolute atomic E-state index is 13.0. The van der Waals surface area contributed by atoms with Crippen LogP contribution in [-0.2, 0) is 11.3 Å². The fourth-order valence-corrected chi connectivity index (χ4v) is 3.09. The Kier molecular flexibility index (Phi) is 5.53. The van der Waals surface area contributed by atoms with Gasteiger partial charge < -0.3 is 18.6 Å².